The van der Waals surface area contributed by atoms with Crippen LogP contribution >= 0.6 is 0 Å². The highest BCUT2D eigenvalue weighted by Crippen LogP contribution is 2.25. The molecule has 2 amide bonds. The Morgan fingerprint density at radius 2 is 1.63 bits per heavy atom. The average molecular weight is 380 g/mol. The number of rotatable bonds is 5. The van der Waals surface area contributed by atoms with E-state index in [0.717, 1.165) is 45.6 Å². The molecule has 0 aromatic heterocycles. The van der Waals surface area contributed by atoms with E-state index in [1.807, 2.05) is 25.7 Å². The van der Waals surface area contributed by atoms with Gasteiger partial charge in [0.15, 0.2) is 0 Å². The Hall–Kier alpha value is -1.10. The lowest BCUT2D eigenvalue weighted by molar-refractivity contribution is -0.146. The Labute approximate surface area is 166 Å². The first-order valence-electron chi connectivity index (χ1n) is 11.0. The summed E-state index contributed by atoms with van der Waals surface area (Å²) in [5.41, 5.74) is -0.380. The van der Waals surface area contributed by atoms with E-state index in [2.05, 4.69) is 23.6 Å². The monoisotopic (exact) mass is 379 g/mol. The van der Waals surface area contributed by atoms with Crippen molar-refractivity contribution < 1.29 is 9.59 Å². The normalized spacial score (nSPS) is 22.6. The molecule has 0 aromatic carbocycles. The second-order valence-electron chi connectivity index (χ2n) is 9.72. The average Bonchev–Trinajstić information content (AvgIpc) is 2.89. The quantitative estimate of drug-likeness (QED) is 0.735. The van der Waals surface area contributed by atoms with Gasteiger partial charge in [-0.1, -0.05) is 33.6 Å². The Bertz CT molecular complexity index is 490. The molecule has 2 aliphatic heterocycles. The first kappa shape index (κ1) is 22.2. The SMILES string of the molecule is CC(C)N(CCN1CCCCCC1)C(=O)[C@H]1CCCN(C(=O)C(C)(C)C)C1. The summed E-state index contributed by atoms with van der Waals surface area (Å²) in [5, 5.41) is 0. The largest absolute Gasteiger partial charge is 0.341 e. The molecule has 5 nitrogen and oxygen atoms in total. The highest BCUT2D eigenvalue weighted by Gasteiger charge is 2.35. The fourth-order valence-corrected chi connectivity index (χ4v) is 4.30. The van der Waals surface area contributed by atoms with Gasteiger partial charge in [-0.3, -0.25) is 9.59 Å². The first-order valence-corrected chi connectivity index (χ1v) is 11.0. The molecule has 0 aliphatic carbocycles. The zero-order valence-corrected chi connectivity index (χ0v) is 18.3. The summed E-state index contributed by atoms with van der Waals surface area (Å²) in [4.78, 5) is 32.4. The fourth-order valence-electron chi connectivity index (χ4n) is 4.30. The van der Waals surface area contributed by atoms with Crippen molar-refractivity contribution in [2.24, 2.45) is 11.3 Å². The molecule has 0 radical (unpaired) electrons. The third kappa shape index (κ3) is 6.48. The van der Waals surface area contributed by atoms with Crippen LogP contribution in [0.3, 0.4) is 0 Å². The van der Waals surface area contributed by atoms with Gasteiger partial charge in [-0.25, -0.2) is 0 Å². The molecule has 2 aliphatic rings. The molecule has 2 saturated heterocycles. The zero-order valence-electron chi connectivity index (χ0n) is 18.3. The Morgan fingerprint density at radius 1 is 1.00 bits per heavy atom. The van der Waals surface area contributed by atoms with Gasteiger partial charge in [0.05, 0.1) is 5.92 Å². The number of carbonyl (C=O) groups excluding carboxylic acids is 2. The summed E-state index contributed by atoms with van der Waals surface area (Å²) in [6, 6.07) is 0.207. The first-order chi connectivity index (χ1) is 12.7. The summed E-state index contributed by atoms with van der Waals surface area (Å²) in [7, 11) is 0. The van der Waals surface area contributed by atoms with E-state index in [9.17, 15) is 9.59 Å². The van der Waals surface area contributed by atoms with E-state index in [1.54, 1.807) is 0 Å². The summed E-state index contributed by atoms with van der Waals surface area (Å²) < 4.78 is 0. The molecule has 5 heteroatoms. The van der Waals surface area contributed by atoms with Crippen LogP contribution in [0.15, 0.2) is 0 Å². The maximum Gasteiger partial charge on any atom is 0.227 e. The topological polar surface area (TPSA) is 43.9 Å². The molecule has 0 unspecified atom stereocenters. The van der Waals surface area contributed by atoms with Crippen molar-refractivity contribution >= 4 is 11.8 Å². The predicted octanol–water partition coefficient (Wildman–Crippen LogP) is 3.38. The molecular weight excluding hydrogens is 338 g/mol. The third-order valence-corrected chi connectivity index (χ3v) is 5.96. The van der Waals surface area contributed by atoms with Crippen LogP contribution in [-0.2, 0) is 9.59 Å². The molecule has 0 bridgehead atoms. The lowest BCUT2D eigenvalue weighted by Crippen LogP contribution is -2.51. The molecular formula is C22H41N3O2. The second kappa shape index (κ2) is 9.90. The van der Waals surface area contributed by atoms with E-state index >= 15 is 0 Å². The van der Waals surface area contributed by atoms with Crippen LogP contribution in [0.25, 0.3) is 0 Å². The van der Waals surface area contributed by atoms with Crippen LogP contribution in [-0.4, -0.2) is 71.8 Å². The van der Waals surface area contributed by atoms with E-state index < -0.39 is 0 Å². The molecule has 2 fully saturated rings. The summed E-state index contributed by atoms with van der Waals surface area (Å²) in [6.07, 6.45) is 7.06. The molecule has 2 heterocycles. The van der Waals surface area contributed by atoms with Crippen molar-refractivity contribution in [1.82, 2.24) is 14.7 Å². The van der Waals surface area contributed by atoms with Crippen molar-refractivity contribution in [1.29, 1.82) is 0 Å². The number of piperidine rings is 1. The number of amides is 2. The number of hydrogen-bond acceptors (Lipinski definition) is 3. The molecule has 2 rings (SSSR count). The van der Waals surface area contributed by atoms with Gasteiger partial charge >= 0.3 is 0 Å². The molecule has 1 atom stereocenters. The van der Waals surface area contributed by atoms with Crippen LogP contribution in [0.2, 0.25) is 0 Å². The van der Waals surface area contributed by atoms with Gasteiger partial charge in [0.25, 0.3) is 0 Å². The second-order valence-corrected chi connectivity index (χ2v) is 9.72. The minimum absolute atomic E-state index is 0.0448. The maximum absolute atomic E-state index is 13.3. The van der Waals surface area contributed by atoms with Crippen molar-refractivity contribution in [3.05, 3.63) is 0 Å². The van der Waals surface area contributed by atoms with E-state index in [0.29, 0.717) is 6.54 Å². The van der Waals surface area contributed by atoms with E-state index in [-0.39, 0.29) is 29.2 Å². The van der Waals surface area contributed by atoms with E-state index in [4.69, 9.17) is 0 Å². The van der Waals surface area contributed by atoms with Crippen LogP contribution < -0.4 is 0 Å². The van der Waals surface area contributed by atoms with Crippen molar-refractivity contribution in [2.45, 2.75) is 79.2 Å². The highest BCUT2D eigenvalue weighted by molar-refractivity contribution is 5.84. The minimum Gasteiger partial charge on any atom is -0.341 e. The van der Waals surface area contributed by atoms with Gasteiger partial charge in [0.2, 0.25) is 11.8 Å². The zero-order chi connectivity index (χ0) is 20.0. The smallest absolute Gasteiger partial charge is 0.227 e. The summed E-state index contributed by atoms with van der Waals surface area (Å²) >= 11 is 0. The molecule has 156 valence electrons. The van der Waals surface area contributed by atoms with Gasteiger partial charge in [-0.05, 0) is 52.6 Å². The Balaban J connectivity index is 1.95. The number of carbonyl (C=O) groups is 2. The lowest BCUT2D eigenvalue weighted by atomic mass is 9.90. The van der Waals surface area contributed by atoms with Crippen molar-refractivity contribution in [3.8, 4) is 0 Å². The van der Waals surface area contributed by atoms with E-state index in [1.165, 1.54) is 25.7 Å². The fraction of sp³-hybridized carbons (Fsp3) is 0.909. The minimum atomic E-state index is -0.380. The van der Waals surface area contributed by atoms with Gasteiger partial charge in [0, 0.05) is 37.6 Å². The highest BCUT2D eigenvalue weighted by atomic mass is 16.2. The molecule has 27 heavy (non-hydrogen) atoms. The summed E-state index contributed by atoms with van der Waals surface area (Å²) in [6.45, 7) is 15.6. The van der Waals surface area contributed by atoms with Crippen LogP contribution in [0, 0.1) is 11.3 Å². The molecule has 0 aromatic rings. The van der Waals surface area contributed by atoms with Gasteiger partial charge in [0.1, 0.15) is 0 Å². The molecule has 0 spiro atoms. The standard InChI is InChI=1S/C22H41N3O2/c1-18(2)25(16-15-23-12-8-6-7-9-13-23)20(26)19-11-10-14-24(17-19)21(27)22(3,4)5/h18-19H,6-17H2,1-5H3/t19-/m0/s1. The van der Waals surface area contributed by atoms with Gasteiger partial charge in [-0.15, -0.1) is 0 Å². The number of hydrogen-bond donors (Lipinski definition) is 0. The van der Waals surface area contributed by atoms with Crippen LogP contribution in [0.4, 0.5) is 0 Å². The van der Waals surface area contributed by atoms with Gasteiger partial charge in [-0.2, -0.15) is 0 Å². The maximum atomic E-state index is 13.3. The molecule has 0 saturated carbocycles. The molecule has 0 N–H and O–H groups in total. The lowest BCUT2D eigenvalue weighted by Gasteiger charge is -2.39. The Morgan fingerprint density at radius 3 is 2.19 bits per heavy atom. The third-order valence-electron chi connectivity index (χ3n) is 5.96. The van der Waals surface area contributed by atoms with Crippen molar-refractivity contribution in [2.75, 3.05) is 39.3 Å². The predicted molar refractivity (Wildman–Crippen MR) is 111 cm³/mol. The van der Waals surface area contributed by atoms with Crippen LogP contribution in [0.5, 0.6) is 0 Å². The number of nitrogens with zero attached hydrogens (tertiary/aromatic N) is 3. The van der Waals surface area contributed by atoms with Gasteiger partial charge < -0.3 is 14.7 Å². The number of likely N-dealkylation sites (tertiary alicyclic amines) is 2. The summed E-state index contributed by atoms with van der Waals surface area (Å²) in [5.74, 6) is 0.364. The Kier molecular flexibility index (Phi) is 8.14. The van der Waals surface area contributed by atoms with Crippen molar-refractivity contribution in [3.63, 3.8) is 0 Å². The van der Waals surface area contributed by atoms with Crippen LogP contribution in [0.1, 0.15) is 73.1 Å².